The number of Topliss-reactive ketones (excluding diaryl/α,β-unsaturated/α-hetero) is 2. The van der Waals surface area contributed by atoms with E-state index in [-0.39, 0.29) is 41.6 Å². The average molecular weight is 916 g/mol. The third kappa shape index (κ3) is 11.8. The van der Waals surface area contributed by atoms with Gasteiger partial charge >= 0.3 is 0 Å². The van der Waals surface area contributed by atoms with Gasteiger partial charge in [0.25, 0.3) is 11.8 Å². The van der Waals surface area contributed by atoms with Gasteiger partial charge in [0.05, 0.1) is 54.0 Å². The monoisotopic (exact) mass is 915 g/mol. The van der Waals surface area contributed by atoms with Gasteiger partial charge in [0.1, 0.15) is 17.9 Å². The van der Waals surface area contributed by atoms with Gasteiger partial charge in [0, 0.05) is 87.1 Å². The minimum Gasteiger partial charge on any atom is -0.382 e. The van der Waals surface area contributed by atoms with Crippen LogP contribution in [0.3, 0.4) is 0 Å². The van der Waals surface area contributed by atoms with E-state index in [1.807, 2.05) is 6.07 Å². The summed E-state index contributed by atoms with van der Waals surface area (Å²) >= 11 is 0. The Hall–Kier alpha value is -6.42. The first-order valence-corrected chi connectivity index (χ1v) is 23.6. The Kier molecular flexibility index (Phi) is 15.7. The van der Waals surface area contributed by atoms with Crippen LogP contribution in [-0.4, -0.2) is 118 Å². The molecule has 3 aromatic heterocycles. The van der Waals surface area contributed by atoms with Crippen LogP contribution in [0.4, 0.5) is 11.4 Å². The highest BCUT2D eigenvalue weighted by Gasteiger charge is 2.45. The molecule has 2 aliphatic carbocycles. The SMILES string of the molecule is N#Cc1cnc2c(cnn2-c2cc(NC3CC3)c(C(=O)CC3CCC(C(=O)CCCOCCCCCOCCOCCNc4cccc5c4C(=O)N(C4CCC(=O)NC4=O)C5=O)CC3)cn2)c1. The smallest absolute Gasteiger partial charge is 0.264 e. The van der Waals surface area contributed by atoms with Crippen molar-refractivity contribution < 1.29 is 43.0 Å². The van der Waals surface area contributed by atoms with E-state index in [2.05, 4.69) is 37.1 Å². The lowest BCUT2D eigenvalue weighted by Gasteiger charge is -2.27. The number of unbranched alkanes of at least 4 members (excludes halogenated alkanes) is 2. The number of rotatable bonds is 25. The molecule has 0 spiro atoms. The lowest BCUT2D eigenvalue weighted by Crippen LogP contribution is -2.54. The van der Waals surface area contributed by atoms with E-state index in [1.165, 1.54) is 6.20 Å². The number of nitrogens with one attached hydrogen (secondary N) is 3. The van der Waals surface area contributed by atoms with Crippen LogP contribution in [0.25, 0.3) is 16.9 Å². The van der Waals surface area contributed by atoms with Crippen molar-refractivity contribution in [3.63, 3.8) is 0 Å². The molecule has 67 heavy (non-hydrogen) atoms. The number of imide groups is 2. The fraction of sp³-hybridized carbons (Fsp3) is 0.510. The molecule has 4 amide bonds. The first-order chi connectivity index (χ1) is 32.7. The predicted octanol–water partition coefficient (Wildman–Crippen LogP) is 5.72. The number of amides is 4. The second-order valence-corrected chi connectivity index (χ2v) is 17.7. The van der Waals surface area contributed by atoms with Gasteiger partial charge in [0.2, 0.25) is 11.8 Å². The zero-order valence-corrected chi connectivity index (χ0v) is 37.6. The molecule has 2 saturated carbocycles. The normalized spacial score (nSPS) is 19.3. The Labute approximate surface area is 388 Å². The molecular formula is C49H57N9O9. The third-order valence-electron chi connectivity index (χ3n) is 12.8. The molecule has 4 aromatic rings. The van der Waals surface area contributed by atoms with Crippen LogP contribution in [-0.2, 0) is 28.6 Å². The van der Waals surface area contributed by atoms with E-state index < -0.39 is 29.7 Å². The number of aromatic nitrogens is 4. The second kappa shape index (κ2) is 22.4. The zero-order chi connectivity index (χ0) is 46.7. The molecule has 0 bridgehead atoms. The van der Waals surface area contributed by atoms with E-state index in [1.54, 1.807) is 41.3 Å². The number of ether oxygens (including phenoxy) is 3. The quantitative estimate of drug-likeness (QED) is 0.0409. The highest BCUT2D eigenvalue weighted by molar-refractivity contribution is 6.25. The number of piperidine rings is 1. The van der Waals surface area contributed by atoms with Crippen molar-refractivity contribution >= 4 is 57.6 Å². The molecule has 18 heteroatoms. The summed E-state index contributed by atoms with van der Waals surface area (Å²) in [7, 11) is 0. The van der Waals surface area contributed by atoms with E-state index in [4.69, 9.17) is 14.2 Å². The van der Waals surface area contributed by atoms with Crippen LogP contribution < -0.4 is 16.0 Å². The number of hydrogen-bond donors (Lipinski definition) is 3. The number of pyridine rings is 2. The maximum Gasteiger partial charge on any atom is 0.264 e. The lowest BCUT2D eigenvalue weighted by atomic mass is 9.77. The van der Waals surface area contributed by atoms with Gasteiger partial charge < -0.3 is 24.8 Å². The van der Waals surface area contributed by atoms with Crippen molar-refractivity contribution in [3.8, 4) is 11.9 Å². The summed E-state index contributed by atoms with van der Waals surface area (Å²) < 4.78 is 18.8. The summed E-state index contributed by atoms with van der Waals surface area (Å²) in [6.07, 6.45) is 14.8. The van der Waals surface area contributed by atoms with Crippen LogP contribution in [0.1, 0.15) is 127 Å². The fourth-order valence-electron chi connectivity index (χ4n) is 9.04. The molecule has 5 heterocycles. The Morgan fingerprint density at radius 3 is 2.33 bits per heavy atom. The molecule has 3 N–H and O–H groups in total. The molecule has 3 fully saturated rings. The predicted molar refractivity (Wildman–Crippen MR) is 245 cm³/mol. The van der Waals surface area contributed by atoms with Gasteiger partial charge in [-0.1, -0.05) is 6.07 Å². The Bertz CT molecular complexity index is 2520. The zero-order valence-electron chi connectivity index (χ0n) is 37.6. The van der Waals surface area contributed by atoms with Crippen LogP contribution >= 0.6 is 0 Å². The van der Waals surface area contributed by atoms with Gasteiger partial charge in [-0.25, -0.2) is 9.97 Å². The summed E-state index contributed by atoms with van der Waals surface area (Å²) in [6, 6.07) is 9.94. The number of fused-ring (bicyclic) bond motifs is 2. The van der Waals surface area contributed by atoms with Gasteiger partial charge in [-0.2, -0.15) is 15.0 Å². The topological polar surface area (TPSA) is 237 Å². The lowest BCUT2D eigenvalue weighted by molar-refractivity contribution is -0.136. The van der Waals surface area contributed by atoms with E-state index >= 15 is 0 Å². The second-order valence-electron chi connectivity index (χ2n) is 17.7. The number of carbonyl (C=O) groups excluding carboxylic acids is 6. The van der Waals surface area contributed by atoms with Gasteiger partial charge in [-0.05, 0) is 94.7 Å². The summed E-state index contributed by atoms with van der Waals surface area (Å²) in [6.45, 7) is 3.41. The number of hydrogen-bond acceptors (Lipinski definition) is 15. The molecule has 1 saturated heterocycles. The van der Waals surface area contributed by atoms with Crippen molar-refractivity contribution in [3.05, 3.63) is 71.2 Å². The molecule has 1 unspecified atom stereocenters. The number of anilines is 2. The highest BCUT2D eigenvalue weighted by Crippen LogP contribution is 2.36. The first kappa shape index (κ1) is 47.1. The summed E-state index contributed by atoms with van der Waals surface area (Å²) in [4.78, 5) is 86.8. The Morgan fingerprint density at radius 1 is 0.806 bits per heavy atom. The van der Waals surface area contributed by atoms with Crippen LogP contribution in [0.5, 0.6) is 0 Å². The molecular weight excluding hydrogens is 859 g/mol. The number of nitrogens with zero attached hydrogens (tertiary/aromatic N) is 6. The number of nitriles is 1. The van der Waals surface area contributed by atoms with Gasteiger partial charge in [0.15, 0.2) is 17.2 Å². The summed E-state index contributed by atoms with van der Waals surface area (Å²) in [5, 5.41) is 23.3. The first-order valence-electron chi connectivity index (χ1n) is 23.6. The molecule has 18 nitrogen and oxygen atoms in total. The standard InChI is InChI=1S/C49H57N9O9/c50-27-32-24-34-29-54-58(46(34)53-28-32)43-26-39(55-35-13-14-35)37(30-52-43)42(60)25-31-9-11-33(12-10-31)41(59)8-5-20-65-18-2-1-3-19-66-22-23-67-21-17-51-38-7-4-6-36-45(38)49(64)57(48(36)63)40-15-16-44(61)56-47(40)62/h4,6-7,24,26,28-31,33,35,40,51H,1-3,5,8-23,25H2,(H,52,55)(H,56,61,62). The molecule has 1 aromatic carbocycles. The van der Waals surface area contributed by atoms with E-state index in [0.29, 0.717) is 106 Å². The third-order valence-corrected chi connectivity index (χ3v) is 12.8. The molecule has 4 aliphatic rings. The van der Waals surface area contributed by atoms with Crippen LogP contribution in [0.15, 0.2) is 48.9 Å². The van der Waals surface area contributed by atoms with E-state index in [9.17, 15) is 34.0 Å². The molecule has 8 rings (SSSR count). The van der Waals surface area contributed by atoms with Crippen molar-refractivity contribution in [2.45, 2.75) is 102 Å². The summed E-state index contributed by atoms with van der Waals surface area (Å²) in [5.74, 6) is -1.01. The van der Waals surface area contributed by atoms with Gasteiger partial charge in [-0.3, -0.25) is 39.0 Å². The number of carbonyl (C=O) groups is 6. The van der Waals surface area contributed by atoms with Crippen molar-refractivity contribution in [2.24, 2.45) is 11.8 Å². The fourth-order valence-corrected chi connectivity index (χ4v) is 9.04. The number of ketones is 2. The van der Waals surface area contributed by atoms with Crippen LogP contribution in [0, 0.1) is 23.2 Å². The van der Waals surface area contributed by atoms with Crippen LogP contribution in [0.2, 0.25) is 0 Å². The molecule has 2 aliphatic heterocycles. The minimum absolute atomic E-state index is 0.0417. The Balaban J connectivity index is 0.637. The Morgan fingerprint density at radius 2 is 1.57 bits per heavy atom. The molecule has 0 radical (unpaired) electrons. The highest BCUT2D eigenvalue weighted by atomic mass is 16.5. The maximum absolute atomic E-state index is 13.7. The minimum atomic E-state index is -1.02. The molecule has 352 valence electrons. The van der Waals surface area contributed by atoms with Crippen molar-refractivity contribution in [1.82, 2.24) is 30.0 Å². The maximum atomic E-state index is 13.7. The molecule has 1 atom stereocenters. The van der Waals surface area contributed by atoms with Gasteiger partial charge in [-0.15, -0.1) is 0 Å². The average Bonchev–Trinajstić information content (AvgIpc) is 3.99. The van der Waals surface area contributed by atoms with E-state index in [0.717, 1.165) is 73.8 Å². The summed E-state index contributed by atoms with van der Waals surface area (Å²) in [5.41, 5.74) is 3.28. The number of benzene rings is 1. The largest absolute Gasteiger partial charge is 0.382 e. The van der Waals surface area contributed by atoms with Crippen molar-refractivity contribution in [1.29, 1.82) is 5.26 Å². The van der Waals surface area contributed by atoms with Crippen molar-refractivity contribution in [2.75, 3.05) is 56.8 Å².